The second-order valence-corrected chi connectivity index (χ2v) is 5.28. The van der Waals surface area contributed by atoms with Gasteiger partial charge in [-0.1, -0.05) is 12.2 Å². The Morgan fingerprint density at radius 1 is 1.21 bits per heavy atom. The fourth-order valence-electron chi connectivity index (χ4n) is 2.07. The molecule has 0 aliphatic heterocycles. The molecule has 24 heavy (non-hydrogen) atoms. The SMILES string of the molecule is CCOc1ccc(Oc2ccc(/C=C/[C@H](C)NC(C)=O)cn2)cc1. The first kappa shape index (κ1) is 17.5. The molecule has 0 aliphatic carbocycles. The van der Waals surface area contributed by atoms with Crippen LogP contribution in [0.15, 0.2) is 48.7 Å². The highest BCUT2D eigenvalue weighted by Gasteiger charge is 2.01. The Morgan fingerprint density at radius 2 is 1.92 bits per heavy atom. The summed E-state index contributed by atoms with van der Waals surface area (Å²) in [5.41, 5.74) is 0.936. The number of nitrogens with zero attached hydrogens (tertiary/aromatic N) is 1. The largest absolute Gasteiger partial charge is 0.494 e. The number of carbonyl (C=O) groups is 1. The predicted molar refractivity (Wildman–Crippen MR) is 94.2 cm³/mol. The van der Waals surface area contributed by atoms with Gasteiger partial charge in [-0.3, -0.25) is 4.79 Å². The quantitative estimate of drug-likeness (QED) is 0.840. The van der Waals surface area contributed by atoms with E-state index in [0.29, 0.717) is 18.2 Å². The van der Waals surface area contributed by atoms with E-state index in [9.17, 15) is 4.79 Å². The monoisotopic (exact) mass is 326 g/mol. The number of hydrogen-bond acceptors (Lipinski definition) is 4. The maximum Gasteiger partial charge on any atom is 0.219 e. The van der Waals surface area contributed by atoms with Crippen LogP contribution in [-0.4, -0.2) is 23.5 Å². The number of rotatable bonds is 7. The van der Waals surface area contributed by atoms with Crippen molar-refractivity contribution in [2.75, 3.05) is 6.61 Å². The molecule has 1 amide bonds. The highest BCUT2D eigenvalue weighted by atomic mass is 16.5. The zero-order chi connectivity index (χ0) is 17.4. The summed E-state index contributed by atoms with van der Waals surface area (Å²) >= 11 is 0. The fraction of sp³-hybridized carbons (Fsp3) is 0.263. The van der Waals surface area contributed by atoms with E-state index in [4.69, 9.17) is 9.47 Å². The summed E-state index contributed by atoms with van der Waals surface area (Å²) in [6.07, 6.45) is 5.54. The lowest BCUT2D eigenvalue weighted by atomic mass is 10.2. The molecule has 0 aliphatic rings. The standard InChI is InChI=1S/C19H22N2O3/c1-4-23-17-8-10-18(11-9-17)24-19-12-7-16(13-20-19)6-5-14(2)21-15(3)22/h5-14H,4H2,1-3H3,(H,21,22)/b6-5+/t14-/m0/s1. The van der Waals surface area contributed by atoms with Crippen molar-refractivity contribution in [3.63, 3.8) is 0 Å². The van der Waals surface area contributed by atoms with Crippen LogP contribution in [-0.2, 0) is 4.79 Å². The van der Waals surface area contributed by atoms with E-state index in [1.807, 2.05) is 56.3 Å². The Kier molecular flexibility index (Phi) is 6.37. The van der Waals surface area contributed by atoms with Crippen molar-refractivity contribution in [2.45, 2.75) is 26.8 Å². The molecule has 1 aromatic heterocycles. The van der Waals surface area contributed by atoms with Crippen LogP contribution in [0.3, 0.4) is 0 Å². The van der Waals surface area contributed by atoms with E-state index in [-0.39, 0.29) is 11.9 Å². The van der Waals surface area contributed by atoms with Crippen LogP contribution in [0, 0.1) is 0 Å². The van der Waals surface area contributed by atoms with Gasteiger partial charge in [0.05, 0.1) is 6.61 Å². The molecule has 0 unspecified atom stereocenters. The topological polar surface area (TPSA) is 60.5 Å². The summed E-state index contributed by atoms with van der Waals surface area (Å²) in [5, 5.41) is 2.79. The Hall–Kier alpha value is -2.82. The van der Waals surface area contributed by atoms with E-state index in [0.717, 1.165) is 11.3 Å². The fourth-order valence-corrected chi connectivity index (χ4v) is 2.07. The second kappa shape index (κ2) is 8.72. The molecule has 0 bridgehead atoms. The normalized spacial score (nSPS) is 12.0. The van der Waals surface area contributed by atoms with Crippen molar-refractivity contribution in [3.05, 3.63) is 54.2 Å². The second-order valence-electron chi connectivity index (χ2n) is 5.28. The van der Waals surface area contributed by atoms with Crippen LogP contribution < -0.4 is 14.8 Å². The molecule has 0 spiro atoms. The molecule has 0 radical (unpaired) electrons. The van der Waals surface area contributed by atoms with E-state index in [1.165, 1.54) is 6.92 Å². The van der Waals surface area contributed by atoms with E-state index < -0.39 is 0 Å². The number of ether oxygens (including phenoxy) is 2. The number of hydrogen-bond donors (Lipinski definition) is 1. The third-order valence-electron chi connectivity index (χ3n) is 3.12. The number of benzene rings is 1. The number of aromatic nitrogens is 1. The van der Waals surface area contributed by atoms with Crippen molar-refractivity contribution in [1.29, 1.82) is 0 Å². The van der Waals surface area contributed by atoms with Crippen molar-refractivity contribution in [3.8, 4) is 17.4 Å². The molecule has 126 valence electrons. The predicted octanol–water partition coefficient (Wildman–Crippen LogP) is 3.81. The molecular formula is C19H22N2O3. The lowest BCUT2D eigenvalue weighted by Crippen LogP contribution is -2.28. The summed E-state index contributed by atoms with van der Waals surface area (Å²) in [5.74, 6) is 1.98. The van der Waals surface area contributed by atoms with Gasteiger partial charge in [-0.15, -0.1) is 0 Å². The van der Waals surface area contributed by atoms with Gasteiger partial charge in [0.15, 0.2) is 0 Å². The number of carbonyl (C=O) groups excluding carboxylic acids is 1. The van der Waals surface area contributed by atoms with Crippen molar-refractivity contribution < 1.29 is 14.3 Å². The molecule has 2 rings (SSSR count). The van der Waals surface area contributed by atoms with Crippen LogP contribution in [0.1, 0.15) is 26.3 Å². The minimum atomic E-state index is -0.0515. The van der Waals surface area contributed by atoms with E-state index >= 15 is 0 Å². The Morgan fingerprint density at radius 3 is 2.50 bits per heavy atom. The Balaban J connectivity index is 1.94. The smallest absolute Gasteiger partial charge is 0.219 e. The summed E-state index contributed by atoms with van der Waals surface area (Å²) < 4.78 is 11.1. The van der Waals surface area contributed by atoms with Crippen LogP contribution in [0.5, 0.6) is 17.4 Å². The average molecular weight is 326 g/mol. The van der Waals surface area contributed by atoms with Crippen molar-refractivity contribution in [1.82, 2.24) is 10.3 Å². The van der Waals surface area contributed by atoms with E-state index in [2.05, 4.69) is 10.3 Å². The van der Waals surface area contributed by atoms with Gasteiger partial charge in [0, 0.05) is 25.2 Å². The summed E-state index contributed by atoms with van der Waals surface area (Å²) in [4.78, 5) is 15.2. The van der Waals surface area contributed by atoms with Gasteiger partial charge < -0.3 is 14.8 Å². The summed E-state index contributed by atoms with van der Waals surface area (Å²) in [6, 6.07) is 11.1. The Bertz CT molecular complexity index is 679. The third-order valence-corrected chi connectivity index (χ3v) is 3.12. The molecule has 2 aromatic rings. The Labute approximate surface area is 142 Å². The average Bonchev–Trinajstić information content (AvgIpc) is 2.56. The molecular weight excluding hydrogens is 304 g/mol. The van der Waals surface area contributed by atoms with E-state index in [1.54, 1.807) is 12.3 Å². The molecule has 1 aromatic carbocycles. The minimum Gasteiger partial charge on any atom is -0.494 e. The third kappa shape index (κ3) is 5.76. The lowest BCUT2D eigenvalue weighted by Gasteiger charge is -2.07. The maximum atomic E-state index is 11.0. The number of nitrogens with one attached hydrogen (secondary N) is 1. The molecule has 0 fully saturated rings. The van der Waals surface area contributed by atoms with Gasteiger partial charge in [-0.25, -0.2) is 4.98 Å². The zero-order valence-electron chi connectivity index (χ0n) is 14.2. The zero-order valence-corrected chi connectivity index (χ0v) is 14.2. The van der Waals surface area contributed by atoms with Crippen LogP contribution in [0.4, 0.5) is 0 Å². The summed E-state index contributed by atoms with van der Waals surface area (Å²) in [6.45, 7) is 5.99. The van der Waals surface area contributed by atoms with Gasteiger partial charge in [-0.05, 0) is 49.7 Å². The molecule has 0 saturated heterocycles. The summed E-state index contributed by atoms with van der Waals surface area (Å²) in [7, 11) is 0. The van der Waals surface area contributed by atoms with Crippen LogP contribution >= 0.6 is 0 Å². The van der Waals surface area contributed by atoms with Crippen LogP contribution in [0.25, 0.3) is 6.08 Å². The highest BCUT2D eigenvalue weighted by molar-refractivity contribution is 5.73. The first-order valence-corrected chi connectivity index (χ1v) is 7.89. The molecule has 1 heterocycles. The van der Waals surface area contributed by atoms with Gasteiger partial charge in [0.25, 0.3) is 0 Å². The van der Waals surface area contributed by atoms with Crippen molar-refractivity contribution in [2.24, 2.45) is 0 Å². The van der Waals surface area contributed by atoms with Gasteiger partial charge in [0.1, 0.15) is 11.5 Å². The van der Waals surface area contributed by atoms with Crippen LogP contribution in [0.2, 0.25) is 0 Å². The maximum absolute atomic E-state index is 11.0. The van der Waals surface area contributed by atoms with Gasteiger partial charge in [0.2, 0.25) is 11.8 Å². The molecule has 5 nitrogen and oxygen atoms in total. The number of pyridine rings is 1. The van der Waals surface area contributed by atoms with Gasteiger partial charge in [-0.2, -0.15) is 0 Å². The minimum absolute atomic E-state index is 0.0257. The molecule has 5 heteroatoms. The number of amides is 1. The first-order valence-electron chi connectivity index (χ1n) is 7.89. The van der Waals surface area contributed by atoms with Gasteiger partial charge >= 0.3 is 0 Å². The molecule has 1 N–H and O–H groups in total. The molecule has 1 atom stereocenters. The first-order chi connectivity index (χ1) is 11.6. The highest BCUT2D eigenvalue weighted by Crippen LogP contribution is 2.22. The molecule has 0 saturated carbocycles. The lowest BCUT2D eigenvalue weighted by molar-refractivity contribution is -0.119. The van der Waals surface area contributed by atoms with Crippen molar-refractivity contribution >= 4 is 12.0 Å².